The molecule has 0 aliphatic carbocycles. The van der Waals surface area contributed by atoms with Crippen LogP contribution in [0.3, 0.4) is 0 Å². The van der Waals surface area contributed by atoms with Gasteiger partial charge in [-0.3, -0.25) is 14.4 Å². The number of nitrogens with one attached hydrogen (secondary N) is 3. The average molecular weight is 722 g/mol. The Kier molecular flexibility index (Phi) is 13.2. The summed E-state index contributed by atoms with van der Waals surface area (Å²) in [4.78, 5) is 59.3. The minimum Gasteiger partial charge on any atom is -0.494 e. The number of aromatic nitrogens is 1. The zero-order valence-electron chi connectivity index (χ0n) is 30.6. The van der Waals surface area contributed by atoms with Crippen molar-refractivity contribution in [3.63, 3.8) is 0 Å². The summed E-state index contributed by atoms with van der Waals surface area (Å²) in [6.07, 6.45) is -0.674. The standard InChI is InChI=1S/C38H51N5O7S/c1-24-32(51-23-41-24)27-14-12-25(13-15-27)21-40-34(46)30-20-28(44)22-43(30)35(47)33(37(2,3)4)42-31(45)19-26-10-8-11-29(18-26)49-17-9-16-39-36(48)50-38(5,6)7/h8,10-15,18,23,28,30,33,44H,9,16-17,19-22H2,1-7H3,(H,39,48)(H,40,46)(H,42,45)/t28-,30+,33-/m1/s1. The fraction of sp³-hybridized carbons (Fsp3) is 0.500. The van der Waals surface area contributed by atoms with E-state index in [1.54, 1.807) is 56.4 Å². The van der Waals surface area contributed by atoms with E-state index in [1.807, 2.05) is 57.5 Å². The van der Waals surface area contributed by atoms with Crippen LogP contribution in [0.2, 0.25) is 0 Å². The van der Waals surface area contributed by atoms with Gasteiger partial charge in [-0.15, -0.1) is 11.3 Å². The molecule has 1 aliphatic heterocycles. The molecule has 0 unspecified atom stereocenters. The molecule has 12 nitrogen and oxygen atoms in total. The molecule has 0 radical (unpaired) electrons. The minimum absolute atomic E-state index is 0.00501. The van der Waals surface area contributed by atoms with Gasteiger partial charge >= 0.3 is 6.09 Å². The molecule has 2 heterocycles. The number of hydrogen-bond acceptors (Lipinski definition) is 9. The summed E-state index contributed by atoms with van der Waals surface area (Å²) in [7, 11) is 0. The fourth-order valence-electron chi connectivity index (χ4n) is 5.69. The number of aliphatic hydroxyl groups is 1. The quantitative estimate of drug-likeness (QED) is 0.184. The lowest BCUT2D eigenvalue weighted by Gasteiger charge is -2.35. The number of aryl methyl sites for hydroxylation is 1. The lowest BCUT2D eigenvalue weighted by atomic mass is 9.85. The molecule has 3 aromatic rings. The molecule has 0 spiro atoms. The maximum Gasteiger partial charge on any atom is 0.407 e. The summed E-state index contributed by atoms with van der Waals surface area (Å²) in [5.41, 5.74) is 4.17. The molecule has 0 bridgehead atoms. The van der Waals surface area contributed by atoms with Crippen molar-refractivity contribution in [2.24, 2.45) is 5.41 Å². The first-order valence-corrected chi connectivity index (χ1v) is 18.1. The third-order valence-corrected chi connectivity index (χ3v) is 9.21. The number of alkyl carbamates (subject to hydrolysis) is 1. The van der Waals surface area contributed by atoms with Crippen molar-refractivity contribution >= 4 is 35.2 Å². The van der Waals surface area contributed by atoms with Crippen LogP contribution in [0.25, 0.3) is 10.4 Å². The predicted octanol–water partition coefficient (Wildman–Crippen LogP) is 4.76. The van der Waals surface area contributed by atoms with Crippen molar-refractivity contribution in [2.45, 2.75) is 98.1 Å². The zero-order valence-corrected chi connectivity index (χ0v) is 31.4. The van der Waals surface area contributed by atoms with Crippen LogP contribution in [0.5, 0.6) is 5.75 Å². The molecule has 4 rings (SSSR count). The van der Waals surface area contributed by atoms with Crippen LogP contribution in [0, 0.1) is 12.3 Å². The normalized spacial score (nSPS) is 16.7. The second-order valence-electron chi connectivity index (χ2n) is 14.9. The number of nitrogens with zero attached hydrogens (tertiary/aromatic N) is 2. The third-order valence-electron chi connectivity index (χ3n) is 8.23. The maximum atomic E-state index is 14.0. The summed E-state index contributed by atoms with van der Waals surface area (Å²) in [6.45, 7) is 13.9. The molecule has 13 heteroatoms. The first-order chi connectivity index (χ1) is 24.0. The molecule has 1 saturated heterocycles. The Morgan fingerprint density at radius 3 is 2.39 bits per heavy atom. The second-order valence-corrected chi connectivity index (χ2v) is 15.8. The molecule has 51 heavy (non-hydrogen) atoms. The van der Waals surface area contributed by atoms with Gasteiger partial charge in [-0.1, -0.05) is 57.2 Å². The number of rotatable bonds is 13. The molecule has 3 atom stereocenters. The van der Waals surface area contributed by atoms with Crippen molar-refractivity contribution < 1.29 is 33.8 Å². The van der Waals surface area contributed by atoms with Gasteiger partial charge in [0.2, 0.25) is 17.7 Å². The predicted molar refractivity (Wildman–Crippen MR) is 196 cm³/mol. The second kappa shape index (κ2) is 17.1. The maximum absolute atomic E-state index is 14.0. The smallest absolute Gasteiger partial charge is 0.407 e. The number of aliphatic hydroxyl groups excluding tert-OH is 1. The van der Waals surface area contributed by atoms with Crippen molar-refractivity contribution in [1.82, 2.24) is 25.8 Å². The summed E-state index contributed by atoms with van der Waals surface area (Å²) in [6, 6.07) is 13.2. The Morgan fingerprint density at radius 2 is 1.75 bits per heavy atom. The highest BCUT2D eigenvalue weighted by Crippen LogP contribution is 2.28. The van der Waals surface area contributed by atoms with E-state index in [0.29, 0.717) is 30.9 Å². The van der Waals surface area contributed by atoms with E-state index in [0.717, 1.165) is 21.7 Å². The van der Waals surface area contributed by atoms with Crippen molar-refractivity contribution in [3.8, 4) is 16.2 Å². The SMILES string of the molecule is Cc1ncsc1-c1ccc(CNC(=O)[C@@H]2C[C@@H](O)CN2C(=O)[C@@H](NC(=O)Cc2cccc(OCCCNC(=O)OC(C)(C)C)c2)C(C)(C)C)cc1. The topological polar surface area (TPSA) is 159 Å². The number of benzene rings is 2. The fourth-order valence-corrected chi connectivity index (χ4v) is 6.50. The van der Waals surface area contributed by atoms with Gasteiger partial charge in [0, 0.05) is 26.1 Å². The van der Waals surface area contributed by atoms with Crippen LogP contribution in [0.4, 0.5) is 4.79 Å². The Morgan fingerprint density at radius 1 is 1.02 bits per heavy atom. The number of β-amino-alcohol motifs (C(OH)–C–C–N with tert-alkyl or cyclic N) is 1. The van der Waals surface area contributed by atoms with E-state index in [-0.39, 0.29) is 37.7 Å². The van der Waals surface area contributed by atoms with Crippen molar-refractivity contribution in [3.05, 3.63) is 70.9 Å². The number of carbonyl (C=O) groups is 4. The largest absolute Gasteiger partial charge is 0.494 e. The highest BCUT2D eigenvalue weighted by Gasteiger charge is 2.44. The Labute approximate surface area is 304 Å². The molecule has 4 amide bonds. The van der Waals surface area contributed by atoms with Gasteiger partial charge in [-0.2, -0.15) is 0 Å². The molecule has 1 aliphatic rings. The number of amides is 4. The lowest BCUT2D eigenvalue weighted by molar-refractivity contribution is -0.144. The molecule has 2 aromatic carbocycles. The summed E-state index contributed by atoms with van der Waals surface area (Å²) in [5, 5.41) is 19.1. The number of carbonyl (C=O) groups excluding carboxylic acids is 4. The Balaban J connectivity index is 1.31. The highest BCUT2D eigenvalue weighted by atomic mass is 32.1. The van der Waals surface area contributed by atoms with Crippen LogP contribution in [0.15, 0.2) is 54.0 Å². The van der Waals surface area contributed by atoms with Crippen LogP contribution >= 0.6 is 11.3 Å². The van der Waals surface area contributed by atoms with E-state index < -0.39 is 41.2 Å². The van der Waals surface area contributed by atoms with Gasteiger partial charge in [0.15, 0.2) is 0 Å². The number of ether oxygens (including phenoxy) is 2. The Hall–Kier alpha value is -4.49. The van der Waals surface area contributed by atoms with Crippen molar-refractivity contribution in [2.75, 3.05) is 19.7 Å². The van der Waals surface area contributed by atoms with E-state index in [1.165, 1.54) is 4.90 Å². The van der Waals surface area contributed by atoms with Gasteiger partial charge in [0.25, 0.3) is 0 Å². The van der Waals surface area contributed by atoms with Gasteiger partial charge < -0.3 is 35.4 Å². The van der Waals surface area contributed by atoms with Crippen LogP contribution < -0.4 is 20.7 Å². The number of hydrogen-bond donors (Lipinski definition) is 4. The molecule has 276 valence electrons. The number of thiazole rings is 1. The van der Waals surface area contributed by atoms with E-state index in [2.05, 4.69) is 20.9 Å². The van der Waals surface area contributed by atoms with Crippen molar-refractivity contribution in [1.29, 1.82) is 0 Å². The summed E-state index contributed by atoms with van der Waals surface area (Å²) in [5.74, 6) is -0.570. The van der Waals surface area contributed by atoms with Crippen LogP contribution in [0.1, 0.15) is 71.2 Å². The van der Waals surface area contributed by atoms with Gasteiger partial charge in [0.1, 0.15) is 23.4 Å². The lowest BCUT2D eigenvalue weighted by Crippen LogP contribution is -2.58. The molecule has 4 N–H and O–H groups in total. The van der Waals surface area contributed by atoms with Gasteiger partial charge in [-0.25, -0.2) is 9.78 Å². The summed E-state index contributed by atoms with van der Waals surface area (Å²) < 4.78 is 11.0. The first-order valence-electron chi connectivity index (χ1n) is 17.2. The monoisotopic (exact) mass is 721 g/mol. The molecule has 1 aromatic heterocycles. The van der Waals surface area contributed by atoms with E-state index in [4.69, 9.17) is 9.47 Å². The average Bonchev–Trinajstić information content (AvgIpc) is 3.66. The van der Waals surface area contributed by atoms with Crippen LogP contribution in [-0.4, -0.2) is 82.3 Å². The van der Waals surface area contributed by atoms with E-state index in [9.17, 15) is 24.3 Å². The first kappa shape index (κ1) is 39.3. The van der Waals surface area contributed by atoms with E-state index >= 15 is 0 Å². The minimum atomic E-state index is -0.940. The molecular formula is C38H51N5O7S. The molecule has 1 fully saturated rings. The van der Waals surface area contributed by atoms with Gasteiger partial charge in [-0.05, 0) is 68.4 Å². The Bertz CT molecular complexity index is 1660. The molecule has 0 saturated carbocycles. The zero-order chi connectivity index (χ0) is 37.3. The van der Waals surface area contributed by atoms with Crippen LogP contribution in [-0.2, 0) is 32.1 Å². The summed E-state index contributed by atoms with van der Waals surface area (Å²) >= 11 is 1.57. The van der Waals surface area contributed by atoms with Gasteiger partial charge in [0.05, 0.1) is 35.2 Å². The highest BCUT2D eigenvalue weighted by molar-refractivity contribution is 7.13. The third kappa shape index (κ3) is 11.8. The number of likely N-dealkylation sites (tertiary alicyclic amines) is 1. The molecular weight excluding hydrogens is 671 g/mol.